The van der Waals surface area contributed by atoms with Crippen molar-refractivity contribution in [2.45, 2.75) is 26.3 Å². The fraction of sp³-hybridized carbons (Fsp3) is 0.583. The molecule has 18 heavy (non-hydrogen) atoms. The Hall–Kier alpha value is -1.85. The van der Waals surface area contributed by atoms with Crippen LogP contribution in [0.2, 0.25) is 0 Å². The minimum Gasteiger partial charge on any atom is -0.384 e. The molecule has 1 saturated heterocycles. The molecule has 3 rings (SSSR count). The van der Waals surface area contributed by atoms with Crippen LogP contribution in [0.1, 0.15) is 25.3 Å². The molecule has 6 heteroatoms. The molecular formula is C12H16N4O2. The average Bonchev–Trinajstić information content (AvgIpc) is 2.95. The maximum Gasteiger partial charge on any atom is 0.233 e. The Morgan fingerprint density at radius 1 is 1.39 bits per heavy atom. The van der Waals surface area contributed by atoms with Crippen molar-refractivity contribution < 1.29 is 9.59 Å². The van der Waals surface area contributed by atoms with Crippen molar-refractivity contribution in [3.05, 3.63) is 11.8 Å². The number of amides is 2. The number of aromatic nitrogens is 2. The van der Waals surface area contributed by atoms with E-state index in [1.54, 1.807) is 6.20 Å². The summed E-state index contributed by atoms with van der Waals surface area (Å²) in [6.07, 6.45) is 3.21. The molecular weight excluding hydrogens is 232 g/mol. The summed E-state index contributed by atoms with van der Waals surface area (Å²) < 4.78 is 0. The first-order valence-corrected chi connectivity index (χ1v) is 6.21. The van der Waals surface area contributed by atoms with E-state index in [0.29, 0.717) is 17.3 Å². The molecule has 3 N–H and O–H groups in total. The number of nitrogens with one attached hydrogen (secondary N) is 1. The van der Waals surface area contributed by atoms with Gasteiger partial charge in [-0.15, -0.1) is 0 Å². The number of carbonyl (C=O) groups excluding carboxylic acids is 2. The monoisotopic (exact) mass is 248 g/mol. The summed E-state index contributed by atoms with van der Waals surface area (Å²) in [5.41, 5.74) is 6.38. The number of nitrogens with zero attached hydrogens (tertiary/aromatic N) is 2. The largest absolute Gasteiger partial charge is 0.384 e. The quantitative estimate of drug-likeness (QED) is 0.746. The van der Waals surface area contributed by atoms with E-state index in [9.17, 15) is 9.59 Å². The Bertz CT molecular complexity index is 486. The molecule has 96 valence electrons. The van der Waals surface area contributed by atoms with Crippen LogP contribution < -0.4 is 5.73 Å². The zero-order valence-electron chi connectivity index (χ0n) is 10.2. The lowest BCUT2D eigenvalue weighted by molar-refractivity contribution is -0.141. The topological polar surface area (TPSA) is 92.1 Å². The number of carbonyl (C=O) groups is 2. The molecule has 2 unspecified atom stereocenters. The molecule has 2 heterocycles. The second-order valence-electron chi connectivity index (χ2n) is 5.36. The Morgan fingerprint density at radius 3 is 2.50 bits per heavy atom. The van der Waals surface area contributed by atoms with E-state index in [-0.39, 0.29) is 30.2 Å². The Balaban J connectivity index is 1.81. The molecule has 0 spiro atoms. The van der Waals surface area contributed by atoms with Crippen molar-refractivity contribution in [3.63, 3.8) is 0 Å². The lowest BCUT2D eigenvalue weighted by Gasteiger charge is -2.16. The van der Waals surface area contributed by atoms with Gasteiger partial charge in [0.2, 0.25) is 11.8 Å². The fourth-order valence-corrected chi connectivity index (χ4v) is 3.12. The van der Waals surface area contributed by atoms with Crippen LogP contribution in [0.15, 0.2) is 6.20 Å². The number of fused-ring (bicyclic) bond motifs is 1. The highest BCUT2D eigenvalue weighted by atomic mass is 16.2. The molecule has 2 atom stereocenters. The third kappa shape index (κ3) is 1.52. The SMILES string of the molecule is CC1CC2C(=O)N(Cc3cn[nH]c3N)C(=O)C2C1. The van der Waals surface area contributed by atoms with Crippen molar-refractivity contribution in [2.75, 3.05) is 5.73 Å². The Morgan fingerprint density at radius 2 is 2.00 bits per heavy atom. The molecule has 6 nitrogen and oxygen atoms in total. The summed E-state index contributed by atoms with van der Waals surface area (Å²) in [6.45, 7) is 2.33. The normalized spacial score (nSPS) is 31.2. The maximum atomic E-state index is 12.2. The number of hydrogen-bond donors (Lipinski definition) is 2. The molecule has 2 amide bonds. The molecule has 2 fully saturated rings. The van der Waals surface area contributed by atoms with Gasteiger partial charge in [0.25, 0.3) is 0 Å². The van der Waals surface area contributed by atoms with Crippen molar-refractivity contribution in [1.29, 1.82) is 0 Å². The van der Waals surface area contributed by atoms with E-state index in [1.165, 1.54) is 4.90 Å². The third-order valence-electron chi connectivity index (χ3n) is 4.04. The van der Waals surface area contributed by atoms with Gasteiger partial charge in [0.15, 0.2) is 0 Å². The minimum absolute atomic E-state index is 0.0463. The van der Waals surface area contributed by atoms with E-state index in [2.05, 4.69) is 17.1 Å². The van der Waals surface area contributed by atoms with Crippen LogP contribution in [0, 0.1) is 17.8 Å². The predicted octanol–water partition coefficient (Wildman–Crippen LogP) is 0.523. The van der Waals surface area contributed by atoms with Crippen molar-refractivity contribution >= 4 is 17.6 Å². The third-order valence-corrected chi connectivity index (χ3v) is 4.04. The molecule has 1 aromatic rings. The fourth-order valence-electron chi connectivity index (χ4n) is 3.12. The number of anilines is 1. The van der Waals surface area contributed by atoms with E-state index in [1.807, 2.05) is 0 Å². The highest BCUT2D eigenvalue weighted by molar-refractivity contribution is 6.05. The summed E-state index contributed by atoms with van der Waals surface area (Å²) in [6, 6.07) is 0. The summed E-state index contributed by atoms with van der Waals surface area (Å²) in [4.78, 5) is 25.8. The van der Waals surface area contributed by atoms with Gasteiger partial charge in [0, 0.05) is 5.56 Å². The van der Waals surface area contributed by atoms with Gasteiger partial charge < -0.3 is 5.73 Å². The summed E-state index contributed by atoms with van der Waals surface area (Å²) >= 11 is 0. The van der Waals surface area contributed by atoms with Crippen LogP contribution in [0.3, 0.4) is 0 Å². The van der Waals surface area contributed by atoms with Gasteiger partial charge in [-0.05, 0) is 18.8 Å². The first-order chi connectivity index (χ1) is 8.58. The molecule has 2 aliphatic rings. The second-order valence-corrected chi connectivity index (χ2v) is 5.36. The van der Waals surface area contributed by atoms with Gasteiger partial charge >= 0.3 is 0 Å². The van der Waals surface area contributed by atoms with Gasteiger partial charge in [-0.1, -0.05) is 6.92 Å². The van der Waals surface area contributed by atoms with Gasteiger partial charge in [0.05, 0.1) is 24.6 Å². The number of nitrogens with two attached hydrogens (primary N) is 1. The lowest BCUT2D eigenvalue weighted by Crippen LogP contribution is -2.31. The zero-order chi connectivity index (χ0) is 12.9. The number of likely N-dealkylation sites (tertiary alicyclic amines) is 1. The number of H-pyrrole nitrogens is 1. The van der Waals surface area contributed by atoms with Crippen LogP contribution in [-0.2, 0) is 16.1 Å². The van der Waals surface area contributed by atoms with Crippen LogP contribution in [0.25, 0.3) is 0 Å². The molecule has 1 saturated carbocycles. The first kappa shape index (κ1) is 11.3. The predicted molar refractivity (Wildman–Crippen MR) is 63.9 cm³/mol. The van der Waals surface area contributed by atoms with Gasteiger partial charge in [0.1, 0.15) is 5.82 Å². The highest BCUT2D eigenvalue weighted by Gasteiger charge is 2.51. The molecule has 1 aromatic heterocycles. The summed E-state index contributed by atoms with van der Waals surface area (Å²) in [7, 11) is 0. The molecule has 0 radical (unpaired) electrons. The Labute approximate surface area is 105 Å². The van der Waals surface area contributed by atoms with Gasteiger partial charge in [-0.25, -0.2) is 0 Å². The van der Waals surface area contributed by atoms with Gasteiger partial charge in [-0.3, -0.25) is 19.6 Å². The van der Waals surface area contributed by atoms with Crippen LogP contribution in [0.5, 0.6) is 0 Å². The lowest BCUT2D eigenvalue weighted by atomic mass is 10.00. The number of aromatic amines is 1. The van der Waals surface area contributed by atoms with Gasteiger partial charge in [-0.2, -0.15) is 5.10 Å². The van der Waals surface area contributed by atoms with E-state index in [0.717, 1.165) is 12.8 Å². The minimum atomic E-state index is -0.111. The van der Waals surface area contributed by atoms with E-state index >= 15 is 0 Å². The molecule has 1 aliphatic carbocycles. The number of nitrogen functional groups attached to an aromatic ring is 1. The van der Waals surface area contributed by atoms with Crippen LogP contribution in [-0.4, -0.2) is 26.9 Å². The van der Waals surface area contributed by atoms with Crippen molar-refractivity contribution in [3.8, 4) is 0 Å². The number of rotatable bonds is 2. The molecule has 1 aliphatic heterocycles. The Kier molecular flexibility index (Phi) is 2.39. The number of imide groups is 1. The standard InChI is InChI=1S/C12H16N4O2/c1-6-2-8-9(3-6)12(18)16(11(8)17)5-7-4-14-15-10(7)13/h4,6,8-9H,2-3,5H2,1H3,(H3,13,14,15). The van der Waals surface area contributed by atoms with Crippen molar-refractivity contribution in [1.82, 2.24) is 15.1 Å². The van der Waals surface area contributed by atoms with Crippen LogP contribution >= 0.6 is 0 Å². The van der Waals surface area contributed by atoms with Crippen molar-refractivity contribution in [2.24, 2.45) is 17.8 Å². The molecule has 0 aromatic carbocycles. The summed E-state index contributed by atoms with van der Waals surface area (Å²) in [5, 5.41) is 6.41. The number of hydrogen-bond acceptors (Lipinski definition) is 4. The van der Waals surface area contributed by atoms with E-state index in [4.69, 9.17) is 5.73 Å². The van der Waals surface area contributed by atoms with Crippen LogP contribution in [0.4, 0.5) is 5.82 Å². The smallest absolute Gasteiger partial charge is 0.233 e. The highest BCUT2D eigenvalue weighted by Crippen LogP contribution is 2.43. The van der Waals surface area contributed by atoms with E-state index < -0.39 is 0 Å². The first-order valence-electron chi connectivity index (χ1n) is 6.21. The zero-order valence-corrected chi connectivity index (χ0v) is 10.2. The molecule has 0 bridgehead atoms. The maximum absolute atomic E-state index is 12.2. The summed E-state index contributed by atoms with van der Waals surface area (Å²) in [5.74, 6) is 0.571. The second kappa shape index (κ2) is 3.83. The average molecular weight is 248 g/mol.